The van der Waals surface area contributed by atoms with Gasteiger partial charge in [0.25, 0.3) is 5.69 Å². The number of nitro groups is 1. The molecule has 0 unspecified atom stereocenters. The number of nitro benzene ring substituents is 1. The van der Waals surface area contributed by atoms with Crippen LogP contribution in [0.1, 0.15) is 17.0 Å². The van der Waals surface area contributed by atoms with Gasteiger partial charge in [-0.2, -0.15) is 0 Å². The molecule has 0 fully saturated rings. The first-order valence-corrected chi connectivity index (χ1v) is 6.75. The fourth-order valence-electron chi connectivity index (χ4n) is 2.15. The molecule has 0 N–H and O–H groups in total. The van der Waals surface area contributed by atoms with E-state index in [1.165, 1.54) is 6.07 Å². The molecule has 0 saturated carbocycles. The Balaban J connectivity index is 1.88. The van der Waals surface area contributed by atoms with Gasteiger partial charge in [0.05, 0.1) is 11.3 Å². The number of aromatic nitrogens is 2. The Morgan fingerprint density at radius 1 is 1.14 bits per heavy atom. The molecule has 0 amide bonds. The van der Waals surface area contributed by atoms with Gasteiger partial charge in [-0.15, -0.1) is 10.2 Å². The molecule has 6 heteroatoms. The first-order valence-electron chi connectivity index (χ1n) is 6.75. The summed E-state index contributed by atoms with van der Waals surface area (Å²) in [6, 6.07) is 14.6. The molecule has 110 valence electrons. The van der Waals surface area contributed by atoms with E-state index in [1.54, 1.807) is 19.1 Å². The predicted octanol–water partition coefficient (Wildman–Crippen LogP) is 3.54. The molecule has 1 aromatic heterocycles. The van der Waals surface area contributed by atoms with Crippen LogP contribution in [0.4, 0.5) is 5.69 Å². The van der Waals surface area contributed by atoms with Crippen molar-refractivity contribution in [2.45, 2.75) is 13.3 Å². The molecule has 22 heavy (non-hydrogen) atoms. The van der Waals surface area contributed by atoms with Crippen molar-refractivity contribution in [3.63, 3.8) is 0 Å². The molecule has 0 bridgehead atoms. The Morgan fingerprint density at radius 2 is 1.91 bits per heavy atom. The fourth-order valence-corrected chi connectivity index (χ4v) is 2.15. The third-order valence-electron chi connectivity index (χ3n) is 3.32. The third-order valence-corrected chi connectivity index (χ3v) is 3.32. The quantitative estimate of drug-likeness (QED) is 0.543. The molecular weight excluding hydrogens is 282 g/mol. The Kier molecular flexibility index (Phi) is 3.65. The van der Waals surface area contributed by atoms with Crippen LogP contribution in [0.5, 0.6) is 0 Å². The van der Waals surface area contributed by atoms with Gasteiger partial charge < -0.3 is 4.42 Å². The van der Waals surface area contributed by atoms with E-state index in [4.69, 9.17) is 4.42 Å². The van der Waals surface area contributed by atoms with Gasteiger partial charge in [0, 0.05) is 17.2 Å². The molecule has 0 aliphatic rings. The van der Waals surface area contributed by atoms with Crippen LogP contribution in [0.3, 0.4) is 0 Å². The molecule has 0 aliphatic heterocycles. The second kappa shape index (κ2) is 5.77. The number of hydrogen-bond acceptors (Lipinski definition) is 5. The number of benzene rings is 2. The van der Waals surface area contributed by atoms with Gasteiger partial charge in [0.1, 0.15) is 0 Å². The van der Waals surface area contributed by atoms with Gasteiger partial charge in [-0.3, -0.25) is 10.1 Å². The van der Waals surface area contributed by atoms with E-state index in [0.717, 1.165) is 5.56 Å². The van der Waals surface area contributed by atoms with Crippen molar-refractivity contribution in [3.05, 3.63) is 75.7 Å². The van der Waals surface area contributed by atoms with Crippen molar-refractivity contribution in [3.8, 4) is 11.5 Å². The lowest BCUT2D eigenvalue weighted by atomic mass is 10.1. The lowest BCUT2D eigenvalue weighted by molar-refractivity contribution is -0.385. The summed E-state index contributed by atoms with van der Waals surface area (Å²) in [5.41, 5.74) is 2.25. The Hall–Kier alpha value is -3.02. The van der Waals surface area contributed by atoms with E-state index >= 15 is 0 Å². The molecule has 3 aromatic rings. The van der Waals surface area contributed by atoms with E-state index < -0.39 is 4.92 Å². The number of nitrogens with zero attached hydrogens (tertiary/aromatic N) is 3. The summed E-state index contributed by atoms with van der Waals surface area (Å²) in [4.78, 5) is 10.6. The van der Waals surface area contributed by atoms with Crippen LogP contribution in [-0.2, 0) is 6.42 Å². The highest BCUT2D eigenvalue weighted by Crippen LogP contribution is 2.26. The minimum Gasteiger partial charge on any atom is -0.420 e. The maximum Gasteiger partial charge on any atom is 0.273 e. The third kappa shape index (κ3) is 2.85. The maximum absolute atomic E-state index is 11.0. The predicted molar refractivity (Wildman–Crippen MR) is 80.4 cm³/mol. The van der Waals surface area contributed by atoms with E-state index in [9.17, 15) is 10.1 Å². The zero-order valence-electron chi connectivity index (χ0n) is 11.9. The largest absolute Gasteiger partial charge is 0.420 e. The Bertz CT molecular complexity index is 813. The lowest BCUT2D eigenvalue weighted by Gasteiger charge is -1.99. The van der Waals surface area contributed by atoms with Crippen LogP contribution >= 0.6 is 0 Å². The molecule has 0 aliphatic carbocycles. The molecule has 2 aromatic carbocycles. The van der Waals surface area contributed by atoms with Gasteiger partial charge >= 0.3 is 0 Å². The van der Waals surface area contributed by atoms with Gasteiger partial charge in [-0.1, -0.05) is 36.4 Å². The highest BCUT2D eigenvalue weighted by molar-refractivity contribution is 5.59. The summed E-state index contributed by atoms with van der Waals surface area (Å²) in [6.07, 6.45) is 0.530. The van der Waals surface area contributed by atoms with E-state index in [-0.39, 0.29) is 11.6 Å². The molecule has 0 saturated heterocycles. The molecule has 3 rings (SSSR count). The Labute approximate surface area is 126 Å². The SMILES string of the molecule is Cc1ccc(-c2nnc(Cc3ccccc3)o2)cc1[N+](=O)[O-]. The van der Waals surface area contributed by atoms with E-state index in [1.807, 2.05) is 30.3 Å². The first-order chi connectivity index (χ1) is 10.6. The number of hydrogen-bond donors (Lipinski definition) is 0. The van der Waals surface area contributed by atoms with Crippen molar-refractivity contribution < 1.29 is 9.34 Å². The van der Waals surface area contributed by atoms with Crippen molar-refractivity contribution in [1.82, 2.24) is 10.2 Å². The Morgan fingerprint density at radius 3 is 2.64 bits per heavy atom. The lowest BCUT2D eigenvalue weighted by Crippen LogP contribution is -1.92. The summed E-state index contributed by atoms with van der Waals surface area (Å²) in [5, 5.41) is 19.0. The highest BCUT2D eigenvalue weighted by Gasteiger charge is 2.15. The van der Waals surface area contributed by atoms with Crippen LogP contribution in [0.25, 0.3) is 11.5 Å². The van der Waals surface area contributed by atoms with Gasteiger partial charge in [0.2, 0.25) is 11.8 Å². The number of aryl methyl sites for hydroxylation is 1. The van der Waals surface area contributed by atoms with Crippen LogP contribution in [0, 0.1) is 17.0 Å². The highest BCUT2D eigenvalue weighted by atomic mass is 16.6. The van der Waals surface area contributed by atoms with E-state index in [2.05, 4.69) is 10.2 Å². The van der Waals surface area contributed by atoms with E-state index in [0.29, 0.717) is 23.4 Å². The topological polar surface area (TPSA) is 82.1 Å². The summed E-state index contributed by atoms with van der Waals surface area (Å²) < 4.78 is 5.60. The van der Waals surface area contributed by atoms with Crippen LogP contribution in [0.2, 0.25) is 0 Å². The molecule has 6 nitrogen and oxygen atoms in total. The van der Waals surface area contributed by atoms with Gasteiger partial charge in [-0.05, 0) is 18.6 Å². The second-order valence-electron chi connectivity index (χ2n) is 4.92. The standard InChI is InChI=1S/C16H13N3O3/c1-11-7-8-13(10-14(11)19(20)21)16-18-17-15(22-16)9-12-5-3-2-4-6-12/h2-8,10H,9H2,1H3. The van der Waals surface area contributed by atoms with Crippen LogP contribution < -0.4 is 0 Å². The maximum atomic E-state index is 11.0. The average molecular weight is 295 g/mol. The second-order valence-corrected chi connectivity index (χ2v) is 4.92. The van der Waals surface area contributed by atoms with Gasteiger partial charge in [0.15, 0.2) is 0 Å². The van der Waals surface area contributed by atoms with Crippen molar-refractivity contribution >= 4 is 5.69 Å². The van der Waals surface area contributed by atoms with Crippen molar-refractivity contribution in [2.75, 3.05) is 0 Å². The molecule has 0 atom stereocenters. The van der Waals surface area contributed by atoms with Gasteiger partial charge in [-0.25, -0.2) is 0 Å². The zero-order chi connectivity index (χ0) is 15.5. The molecule has 1 heterocycles. The van der Waals surface area contributed by atoms with Crippen molar-refractivity contribution in [2.24, 2.45) is 0 Å². The van der Waals surface area contributed by atoms with Crippen molar-refractivity contribution in [1.29, 1.82) is 0 Å². The summed E-state index contributed by atoms with van der Waals surface area (Å²) in [5.74, 6) is 0.762. The minimum absolute atomic E-state index is 0.0420. The monoisotopic (exact) mass is 295 g/mol. The zero-order valence-corrected chi connectivity index (χ0v) is 11.9. The molecule has 0 radical (unpaired) electrons. The fraction of sp³-hybridized carbons (Fsp3) is 0.125. The normalized spacial score (nSPS) is 10.6. The number of rotatable bonds is 4. The summed E-state index contributed by atoms with van der Waals surface area (Å²) >= 11 is 0. The summed E-state index contributed by atoms with van der Waals surface area (Å²) in [6.45, 7) is 1.69. The molecule has 0 spiro atoms. The minimum atomic E-state index is -0.417. The first kappa shape index (κ1) is 13.9. The average Bonchev–Trinajstić information content (AvgIpc) is 2.97. The summed E-state index contributed by atoms with van der Waals surface area (Å²) in [7, 11) is 0. The van der Waals surface area contributed by atoms with Crippen LogP contribution in [0.15, 0.2) is 52.9 Å². The van der Waals surface area contributed by atoms with Crippen LogP contribution in [-0.4, -0.2) is 15.1 Å². The smallest absolute Gasteiger partial charge is 0.273 e. The molecular formula is C16H13N3O3.